The average Bonchev–Trinajstić information content (AvgIpc) is 3.10. The van der Waals surface area contributed by atoms with E-state index in [4.69, 9.17) is 0 Å². The van der Waals surface area contributed by atoms with Gasteiger partial charge in [-0.2, -0.15) is 0 Å². The highest BCUT2D eigenvalue weighted by Crippen LogP contribution is 2.28. The lowest BCUT2D eigenvalue weighted by Gasteiger charge is -2.33. The Morgan fingerprint density at radius 2 is 1.76 bits per heavy atom. The molecule has 0 aliphatic carbocycles. The Kier molecular flexibility index (Phi) is 6.93. The van der Waals surface area contributed by atoms with Crippen molar-refractivity contribution in [2.24, 2.45) is 11.8 Å². The molecule has 158 valence electrons. The molecule has 1 aromatic rings. The first-order chi connectivity index (χ1) is 13.8. The zero-order chi connectivity index (χ0) is 21.0. The van der Waals surface area contributed by atoms with Crippen LogP contribution in [0, 0.1) is 11.8 Å². The number of carbonyl (C=O) groups excluding carboxylic acids is 3. The van der Waals surface area contributed by atoms with Crippen molar-refractivity contribution in [3.63, 3.8) is 0 Å². The number of hydrogen-bond acceptors (Lipinski definition) is 3. The second-order valence-electron chi connectivity index (χ2n) is 8.80. The predicted octanol–water partition coefficient (Wildman–Crippen LogP) is 2.75. The highest BCUT2D eigenvalue weighted by molar-refractivity contribution is 5.89. The molecule has 0 bridgehead atoms. The van der Waals surface area contributed by atoms with Gasteiger partial charge in [-0.1, -0.05) is 44.2 Å². The van der Waals surface area contributed by atoms with Crippen LogP contribution in [0.4, 0.5) is 0 Å². The zero-order valence-corrected chi connectivity index (χ0v) is 17.8. The van der Waals surface area contributed by atoms with Gasteiger partial charge < -0.3 is 15.1 Å². The number of carbonyl (C=O) groups is 3. The van der Waals surface area contributed by atoms with E-state index in [1.807, 2.05) is 47.1 Å². The third kappa shape index (κ3) is 5.37. The molecule has 2 saturated heterocycles. The molecule has 1 aromatic carbocycles. The number of piperidine rings is 1. The maximum absolute atomic E-state index is 12.8. The molecular weight excluding hydrogens is 366 g/mol. The zero-order valence-electron chi connectivity index (χ0n) is 17.8. The van der Waals surface area contributed by atoms with Crippen LogP contribution in [-0.2, 0) is 14.4 Å². The molecule has 3 amide bonds. The Hall–Kier alpha value is -2.37. The number of rotatable bonds is 6. The maximum Gasteiger partial charge on any atom is 0.225 e. The molecule has 2 aliphatic heterocycles. The number of nitrogens with one attached hydrogen (secondary N) is 1. The summed E-state index contributed by atoms with van der Waals surface area (Å²) in [6, 6.07) is 9.97. The average molecular weight is 400 g/mol. The van der Waals surface area contributed by atoms with E-state index in [1.165, 1.54) is 0 Å². The normalized spacial score (nSPS) is 21.5. The first-order valence-corrected chi connectivity index (χ1v) is 10.8. The third-order valence-electron chi connectivity index (χ3n) is 6.06. The van der Waals surface area contributed by atoms with Crippen LogP contribution in [0.5, 0.6) is 0 Å². The highest BCUT2D eigenvalue weighted by atomic mass is 16.2. The summed E-state index contributed by atoms with van der Waals surface area (Å²) >= 11 is 0. The minimum Gasteiger partial charge on any atom is -0.353 e. The van der Waals surface area contributed by atoms with E-state index in [1.54, 1.807) is 0 Å². The summed E-state index contributed by atoms with van der Waals surface area (Å²) < 4.78 is 0. The number of hydrogen-bond donors (Lipinski definition) is 1. The smallest absolute Gasteiger partial charge is 0.225 e. The molecule has 29 heavy (non-hydrogen) atoms. The Morgan fingerprint density at radius 3 is 2.38 bits per heavy atom. The minimum atomic E-state index is -0.297. The molecule has 2 fully saturated rings. The van der Waals surface area contributed by atoms with Crippen LogP contribution in [0.15, 0.2) is 30.3 Å². The summed E-state index contributed by atoms with van der Waals surface area (Å²) in [7, 11) is 0. The van der Waals surface area contributed by atoms with Crippen molar-refractivity contribution >= 4 is 17.7 Å². The molecule has 2 atom stereocenters. The molecule has 2 aliphatic rings. The van der Waals surface area contributed by atoms with Gasteiger partial charge in [0.15, 0.2) is 0 Å². The minimum absolute atomic E-state index is 0.0308. The lowest BCUT2D eigenvalue weighted by molar-refractivity contribution is -0.133. The van der Waals surface area contributed by atoms with Gasteiger partial charge in [0.1, 0.15) is 0 Å². The van der Waals surface area contributed by atoms with E-state index in [9.17, 15) is 14.4 Å². The van der Waals surface area contributed by atoms with E-state index < -0.39 is 0 Å². The second kappa shape index (κ2) is 9.42. The van der Waals surface area contributed by atoms with E-state index >= 15 is 0 Å². The largest absolute Gasteiger partial charge is 0.353 e. The Bertz CT molecular complexity index is 726. The maximum atomic E-state index is 12.8. The Morgan fingerprint density at radius 1 is 1.10 bits per heavy atom. The molecule has 0 aromatic heterocycles. The summed E-state index contributed by atoms with van der Waals surface area (Å²) in [5, 5.41) is 3.13. The van der Waals surface area contributed by atoms with Crippen molar-refractivity contribution in [3.05, 3.63) is 35.9 Å². The van der Waals surface area contributed by atoms with E-state index in [-0.39, 0.29) is 42.1 Å². The molecule has 6 nitrogen and oxygen atoms in total. The van der Waals surface area contributed by atoms with Gasteiger partial charge in [0.2, 0.25) is 17.7 Å². The van der Waals surface area contributed by atoms with Crippen molar-refractivity contribution < 1.29 is 14.4 Å². The monoisotopic (exact) mass is 399 g/mol. The van der Waals surface area contributed by atoms with Gasteiger partial charge in [-0.3, -0.25) is 14.4 Å². The van der Waals surface area contributed by atoms with Gasteiger partial charge in [-0.15, -0.1) is 0 Å². The van der Waals surface area contributed by atoms with Crippen LogP contribution in [0.3, 0.4) is 0 Å². The summed E-state index contributed by atoms with van der Waals surface area (Å²) in [6.45, 7) is 7.96. The van der Waals surface area contributed by atoms with Crippen molar-refractivity contribution in [2.75, 3.05) is 19.6 Å². The molecule has 0 radical (unpaired) electrons. The number of amides is 3. The summed E-state index contributed by atoms with van der Waals surface area (Å²) in [5.74, 6) is 0.274. The van der Waals surface area contributed by atoms with Crippen LogP contribution in [0.1, 0.15) is 58.1 Å². The second-order valence-corrected chi connectivity index (χ2v) is 8.80. The number of benzene rings is 1. The lowest BCUT2D eigenvalue weighted by atomic mass is 10.0. The molecule has 3 rings (SSSR count). The quantitative estimate of drug-likeness (QED) is 0.800. The van der Waals surface area contributed by atoms with E-state index in [0.29, 0.717) is 32.0 Å². The molecular formula is C23H33N3O3. The fraction of sp³-hybridized carbons (Fsp3) is 0.609. The molecule has 2 heterocycles. The van der Waals surface area contributed by atoms with Crippen molar-refractivity contribution in [1.82, 2.24) is 15.1 Å². The summed E-state index contributed by atoms with van der Waals surface area (Å²) in [4.78, 5) is 41.2. The van der Waals surface area contributed by atoms with Gasteiger partial charge in [0, 0.05) is 38.5 Å². The number of likely N-dealkylation sites (tertiary alicyclic amines) is 2. The fourth-order valence-electron chi connectivity index (χ4n) is 4.26. The molecule has 1 N–H and O–H groups in total. The van der Waals surface area contributed by atoms with Gasteiger partial charge in [0.05, 0.1) is 12.0 Å². The lowest BCUT2D eigenvalue weighted by Crippen LogP contribution is -2.48. The van der Waals surface area contributed by atoms with Crippen molar-refractivity contribution in [3.8, 4) is 0 Å². The molecule has 2 unspecified atom stereocenters. The topological polar surface area (TPSA) is 69.7 Å². The van der Waals surface area contributed by atoms with Crippen LogP contribution in [0.25, 0.3) is 0 Å². The first-order valence-electron chi connectivity index (χ1n) is 10.8. The van der Waals surface area contributed by atoms with Crippen LogP contribution in [0.2, 0.25) is 0 Å². The van der Waals surface area contributed by atoms with E-state index in [2.05, 4.69) is 19.2 Å². The molecule has 0 saturated carbocycles. The van der Waals surface area contributed by atoms with E-state index in [0.717, 1.165) is 18.4 Å². The third-order valence-corrected chi connectivity index (χ3v) is 6.06. The number of nitrogens with zero attached hydrogens (tertiary/aromatic N) is 2. The fourth-order valence-corrected chi connectivity index (χ4v) is 4.26. The Balaban J connectivity index is 1.48. The first kappa shape index (κ1) is 21.3. The van der Waals surface area contributed by atoms with Crippen molar-refractivity contribution in [1.29, 1.82) is 0 Å². The summed E-state index contributed by atoms with van der Waals surface area (Å²) in [6.07, 6.45) is 2.41. The van der Waals surface area contributed by atoms with Crippen molar-refractivity contribution in [2.45, 2.75) is 58.5 Å². The van der Waals surface area contributed by atoms with Crippen LogP contribution >= 0.6 is 0 Å². The Labute approximate surface area is 173 Å². The SMILES string of the molecule is CC(C)CC(=O)N1CCC(NC(=O)C2CC(=O)N(C(C)c3ccccc3)C2)CC1. The molecule has 0 spiro atoms. The molecule has 6 heteroatoms. The standard InChI is InChI=1S/C23H33N3O3/c1-16(2)13-21(27)25-11-9-20(10-12-25)24-23(29)19-14-22(28)26(15-19)17(3)18-7-5-4-6-8-18/h4-8,16-17,19-20H,9-15H2,1-3H3,(H,24,29). The predicted molar refractivity (Wildman–Crippen MR) is 112 cm³/mol. The van der Waals surface area contributed by atoms with Gasteiger partial charge in [0.25, 0.3) is 0 Å². The van der Waals surface area contributed by atoms with Gasteiger partial charge in [-0.25, -0.2) is 0 Å². The van der Waals surface area contributed by atoms with Gasteiger partial charge >= 0.3 is 0 Å². The van der Waals surface area contributed by atoms with Crippen LogP contribution < -0.4 is 5.32 Å². The summed E-state index contributed by atoms with van der Waals surface area (Å²) in [5.41, 5.74) is 1.08. The highest BCUT2D eigenvalue weighted by Gasteiger charge is 2.37. The van der Waals surface area contributed by atoms with Gasteiger partial charge in [-0.05, 0) is 31.2 Å². The van der Waals surface area contributed by atoms with Crippen LogP contribution in [-0.4, -0.2) is 53.2 Å².